The average Bonchev–Trinajstić information content (AvgIpc) is 2.76. The van der Waals surface area contributed by atoms with Gasteiger partial charge in [-0.25, -0.2) is 0 Å². The summed E-state index contributed by atoms with van der Waals surface area (Å²) in [6, 6.07) is 7.43. The molecular formula is C14H19NO3. The van der Waals surface area contributed by atoms with Crippen LogP contribution in [0.25, 0.3) is 0 Å². The highest BCUT2D eigenvalue weighted by Crippen LogP contribution is 2.26. The Labute approximate surface area is 107 Å². The molecule has 1 amide bonds. The summed E-state index contributed by atoms with van der Waals surface area (Å²) in [7, 11) is 0. The number of benzene rings is 1. The van der Waals surface area contributed by atoms with Gasteiger partial charge in [0, 0.05) is 18.5 Å². The molecule has 0 spiro atoms. The number of nitrogens with zero attached hydrogens (tertiary/aromatic N) is 1. The molecule has 1 unspecified atom stereocenters. The first-order chi connectivity index (χ1) is 8.72. The molecule has 1 saturated heterocycles. The van der Waals surface area contributed by atoms with Crippen LogP contribution in [0.4, 0.5) is 0 Å². The first kappa shape index (κ1) is 12.9. The molecule has 98 valence electrons. The summed E-state index contributed by atoms with van der Waals surface area (Å²) in [6.45, 7) is 3.56. The lowest BCUT2D eigenvalue weighted by Gasteiger charge is -2.21. The van der Waals surface area contributed by atoms with E-state index >= 15 is 0 Å². The van der Waals surface area contributed by atoms with Gasteiger partial charge >= 0.3 is 0 Å². The lowest BCUT2D eigenvalue weighted by Crippen LogP contribution is -2.29. The predicted molar refractivity (Wildman–Crippen MR) is 68.4 cm³/mol. The molecule has 0 aliphatic carbocycles. The van der Waals surface area contributed by atoms with Gasteiger partial charge in [0.1, 0.15) is 11.9 Å². The second kappa shape index (κ2) is 5.87. The van der Waals surface area contributed by atoms with Gasteiger partial charge in [-0.15, -0.1) is 0 Å². The van der Waals surface area contributed by atoms with E-state index in [0.717, 1.165) is 18.5 Å². The fourth-order valence-corrected chi connectivity index (χ4v) is 2.25. The van der Waals surface area contributed by atoms with E-state index in [-0.39, 0.29) is 5.91 Å². The van der Waals surface area contributed by atoms with Gasteiger partial charge < -0.3 is 14.7 Å². The monoisotopic (exact) mass is 249 g/mol. The molecule has 4 heteroatoms. The van der Waals surface area contributed by atoms with Crippen molar-refractivity contribution in [2.45, 2.75) is 25.9 Å². The van der Waals surface area contributed by atoms with Crippen LogP contribution in [-0.4, -0.2) is 35.6 Å². The molecule has 1 heterocycles. The van der Waals surface area contributed by atoms with E-state index in [1.807, 2.05) is 31.2 Å². The van der Waals surface area contributed by atoms with E-state index < -0.39 is 6.10 Å². The standard InChI is InChI=1S/C14H19NO3/c1-2-18-13-7-4-3-6-11(13)12(16)10-15-9-5-8-14(15)17/h3-4,6-7,12,16H,2,5,8-10H2,1H3. The van der Waals surface area contributed by atoms with Crippen LogP contribution in [0.2, 0.25) is 0 Å². The maximum Gasteiger partial charge on any atom is 0.222 e. The van der Waals surface area contributed by atoms with Crippen molar-refractivity contribution in [1.29, 1.82) is 0 Å². The Morgan fingerprint density at radius 1 is 1.44 bits per heavy atom. The van der Waals surface area contributed by atoms with E-state index in [1.165, 1.54) is 0 Å². The van der Waals surface area contributed by atoms with E-state index in [0.29, 0.717) is 25.3 Å². The van der Waals surface area contributed by atoms with Crippen molar-refractivity contribution >= 4 is 5.91 Å². The number of β-amino-alcohol motifs (C(OH)–C–C–N with tert-alkyl or cyclic N) is 1. The fourth-order valence-electron chi connectivity index (χ4n) is 2.25. The van der Waals surface area contributed by atoms with Gasteiger partial charge in [0.25, 0.3) is 0 Å². The second-order valence-corrected chi connectivity index (χ2v) is 4.43. The van der Waals surface area contributed by atoms with Crippen molar-refractivity contribution in [3.05, 3.63) is 29.8 Å². The molecule has 1 aromatic rings. The number of rotatable bonds is 5. The number of hydrogen-bond acceptors (Lipinski definition) is 3. The third kappa shape index (κ3) is 2.82. The minimum Gasteiger partial charge on any atom is -0.493 e. The summed E-state index contributed by atoms with van der Waals surface area (Å²) in [5.41, 5.74) is 0.749. The lowest BCUT2D eigenvalue weighted by molar-refractivity contribution is -0.128. The average molecular weight is 249 g/mol. The maximum absolute atomic E-state index is 11.5. The Hall–Kier alpha value is -1.55. The van der Waals surface area contributed by atoms with Crippen LogP contribution < -0.4 is 4.74 Å². The maximum atomic E-state index is 11.5. The molecule has 1 fully saturated rings. The van der Waals surface area contributed by atoms with Crippen LogP contribution in [0.1, 0.15) is 31.4 Å². The highest BCUT2D eigenvalue weighted by atomic mass is 16.5. The summed E-state index contributed by atoms with van der Waals surface area (Å²) in [5.74, 6) is 0.821. The summed E-state index contributed by atoms with van der Waals surface area (Å²) >= 11 is 0. The zero-order chi connectivity index (χ0) is 13.0. The molecule has 1 N–H and O–H groups in total. The highest BCUT2D eigenvalue weighted by molar-refractivity contribution is 5.78. The molecule has 1 aliphatic rings. The van der Waals surface area contributed by atoms with Gasteiger partial charge in [-0.1, -0.05) is 18.2 Å². The molecule has 1 atom stereocenters. The Balaban J connectivity index is 2.08. The summed E-state index contributed by atoms with van der Waals surface area (Å²) in [4.78, 5) is 13.3. The van der Waals surface area contributed by atoms with Crippen LogP contribution in [-0.2, 0) is 4.79 Å². The van der Waals surface area contributed by atoms with Crippen molar-refractivity contribution in [2.75, 3.05) is 19.7 Å². The third-order valence-electron chi connectivity index (χ3n) is 3.14. The summed E-state index contributed by atoms with van der Waals surface area (Å²) < 4.78 is 5.49. The van der Waals surface area contributed by atoms with Crippen LogP contribution in [0, 0.1) is 0 Å². The minimum absolute atomic E-state index is 0.128. The number of ether oxygens (including phenoxy) is 1. The number of aliphatic hydroxyl groups is 1. The largest absolute Gasteiger partial charge is 0.493 e. The molecule has 2 rings (SSSR count). The summed E-state index contributed by atoms with van der Waals surface area (Å²) in [6.07, 6.45) is 0.799. The number of hydrogen-bond donors (Lipinski definition) is 1. The topological polar surface area (TPSA) is 49.8 Å². The quantitative estimate of drug-likeness (QED) is 0.864. The lowest BCUT2D eigenvalue weighted by atomic mass is 10.1. The van der Waals surface area contributed by atoms with Gasteiger partial charge in [-0.3, -0.25) is 4.79 Å². The molecule has 0 aromatic heterocycles. The van der Waals surface area contributed by atoms with Crippen molar-refractivity contribution in [2.24, 2.45) is 0 Å². The smallest absolute Gasteiger partial charge is 0.222 e. The number of carbonyl (C=O) groups is 1. The zero-order valence-corrected chi connectivity index (χ0v) is 10.6. The van der Waals surface area contributed by atoms with Crippen LogP contribution in [0.3, 0.4) is 0 Å². The number of likely N-dealkylation sites (tertiary alicyclic amines) is 1. The van der Waals surface area contributed by atoms with E-state index in [2.05, 4.69) is 0 Å². The van der Waals surface area contributed by atoms with Gasteiger partial charge in [0.15, 0.2) is 0 Å². The molecule has 0 radical (unpaired) electrons. The second-order valence-electron chi connectivity index (χ2n) is 4.43. The Kier molecular flexibility index (Phi) is 4.20. The third-order valence-corrected chi connectivity index (χ3v) is 3.14. The van der Waals surface area contributed by atoms with E-state index in [9.17, 15) is 9.90 Å². The molecule has 0 saturated carbocycles. The van der Waals surface area contributed by atoms with Gasteiger partial charge in [0.2, 0.25) is 5.91 Å². The molecule has 1 aromatic carbocycles. The number of carbonyl (C=O) groups excluding carboxylic acids is 1. The van der Waals surface area contributed by atoms with Crippen LogP contribution >= 0.6 is 0 Å². The van der Waals surface area contributed by atoms with Crippen LogP contribution in [0.15, 0.2) is 24.3 Å². The van der Waals surface area contributed by atoms with Gasteiger partial charge in [-0.05, 0) is 19.4 Å². The van der Waals surface area contributed by atoms with Crippen molar-refractivity contribution in [1.82, 2.24) is 4.90 Å². The first-order valence-corrected chi connectivity index (χ1v) is 6.40. The number of aliphatic hydroxyl groups excluding tert-OH is 1. The normalized spacial score (nSPS) is 17.0. The molecule has 18 heavy (non-hydrogen) atoms. The Morgan fingerprint density at radius 2 is 2.22 bits per heavy atom. The SMILES string of the molecule is CCOc1ccccc1C(O)CN1CCCC1=O. The first-order valence-electron chi connectivity index (χ1n) is 6.40. The van der Waals surface area contributed by atoms with E-state index in [1.54, 1.807) is 4.90 Å². The van der Waals surface area contributed by atoms with Gasteiger partial charge in [0.05, 0.1) is 13.2 Å². The van der Waals surface area contributed by atoms with Gasteiger partial charge in [-0.2, -0.15) is 0 Å². The molecule has 0 bridgehead atoms. The van der Waals surface area contributed by atoms with Crippen molar-refractivity contribution < 1.29 is 14.6 Å². The van der Waals surface area contributed by atoms with E-state index in [4.69, 9.17) is 4.74 Å². The number of para-hydroxylation sites is 1. The van der Waals surface area contributed by atoms with Crippen molar-refractivity contribution in [3.63, 3.8) is 0 Å². The molecule has 4 nitrogen and oxygen atoms in total. The Bertz CT molecular complexity index is 419. The fraction of sp³-hybridized carbons (Fsp3) is 0.500. The number of amides is 1. The molecule has 1 aliphatic heterocycles. The zero-order valence-electron chi connectivity index (χ0n) is 10.6. The highest BCUT2D eigenvalue weighted by Gasteiger charge is 2.24. The van der Waals surface area contributed by atoms with Crippen LogP contribution in [0.5, 0.6) is 5.75 Å². The minimum atomic E-state index is -0.685. The summed E-state index contributed by atoms with van der Waals surface area (Å²) in [5, 5.41) is 10.2. The van der Waals surface area contributed by atoms with Crippen molar-refractivity contribution in [3.8, 4) is 5.75 Å². The molecular weight excluding hydrogens is 230 g/mol. The predicted octanol–water partition coefficient (Wildman–Crippen LogP) is 1.74. The Morgan fingerprint density at radius 3 is 2.89 bits per heavy atom.